The highest BCUT2D eigenvalue weighted by Crippen LogP contribution is 2.31. The molecule has 1 aromatic heterocycles. The van der Waals surface area contributed by atoms with Gasteiger partial charge in [-0.1, -0.05) is 0 Å². The minimum atomic E-state index is -4.58. The van der Waals surface area contributed by atoms with Crippen molar-refractivity contribution in [3.8, 4) is 5.75 Å². The Bertz CT molecular complexity index is 959. The number of benzene rings is 1. The standard InChI is InChI=1S/C23H26F4N2O3/c1-15-4-2-10-28(15)13-16-5-3-11-29(16)22(30)19-8-6-17(12-20(19)24)31-14-18-7-9-21(32-18)23(25,26)27/h6-9,12,15-16H,2-5,10-11,13-14H2,1H3/t15-,16?/m0/s1. The van der Waals surface area contributed by atoms with Gasteiger partial charge in [0.1, 0.15) is 23.9 Å². The SMILES string of the molecule is C[C@H]1CCCN1CC1CCCN1C(=O)c1ccc(OCc2ccc(C(F)(F)F)o2)cc1F. The summed E-state index contributed by atoms with van der Waals surface area (Å²) in [6.07, 6.45) is -0.461. The summed E-state index contributed by atoms with van der Waals surface area (Å²) in [7, 11) is 0. The van der Waals surface area contributed by atoms with Crippen molar-refractivity contribution in [2.75, 3.05) is 19.6 Å². The molecule has 5 nitrogen and oxygen atoms in total. The third-order valence-electron chi connectivity index (χ3n) is 6.27. The Morgan fingerprint density at radius 3 is 2.59 bits per heavy atom. The maximum absolute atomic E-state index is 14.7. The predicted octanol–water partition coefficient (Wildman–Crippen LogP) is 5.11. The molecule has 0 N–H and O–H groups in total. The van der Waals surface area contributed by atoms with E-state index in [4.69, 9.17) is 9.15 Å². The predicted molar refractivity (Wildman–Crippen MR) is 109 cm³/mol. The Labute approximate surface area is 183 Å². The molecule has 0 spiro atoms. The summed E-state index contributed by atoms with van der Waals surface area (Å²) >= 11 is 0. The summed E-state index contributed by atoms with van der Waals surface area (Å²) in [4.78, 5) is 17.2. The van der Waals surface area contributed by atoms with Gasteiger partial charge in [-0.2, -0.15) is 13.2 Å². The van der Waals surface area contributed by atoms with Crippen LogP contribution in [-0.2, 0) is 12.8 Å². The maximum atomic E-state index is 14.7. The minimum absolute atomic E-state index is 0.0314. The van der Waals surface area contributed by atoms with E-state index in [-0.39, 0.29) is 35.6 Å². The fourth-order valence-corrected chi connectivity index (χ4v) is 4.50. The number of alkyl halides is 3. The third-order valence-corrected chi connectivity index (χ3v) is 6.27. The van der Waals surface area contributed by atoms with E-state index in [0.717, 1.165) is 57.0 Å². The molecule has 0 saturated carbocycles. The molecule has 3 heterocycles. The number of rotatable bonds is 6. The quantitative estimate of drug-likeness (QED) is 0.570. The number of hydrogen-bond acceptors (Lipinski definition) is 4. The first-order valence-electron chi connectivity index (χ1n) is 10.9. The van der Waals surface area contributed by atoms with E-state index in [2.05, 4.69) is 11.8 Å². The zero-order chi connectivity index (χ0) is 22.9. The van der Waals surface area contributed by atoms with E-state index >= 15 is 0 Å². The second-order valence-corrected chi connectivity index (χ2v) is 8.47. The number of carbonyl (C=O) groups is 1. The Morgan fingerprint density at radius 2 is 1.94 bits per heavy atom. The maximum Gasteiger partial charge on any atom is 0.449 e. The molecule has 2 atom stereocenters. The van der Waals surface area contributed by atoms with Crippen molar-refractivity contribution in [1.29, 1.82) is 0 Å². The number of amides is 1. The van der Waals surface area contributed by atoms with Crippen LogP contribution in [0, 0.1) is 5.82 Å². The van der Waals surface area contributed by atoms with Gasteiger partial charge in [0.15, 0.2) is 0 Å². The van der Waals surface area contributed by atoms with Crippen LogP contribution < -0.4 is 4.74 Å². The van der Waals surface area contributed by atoms with Gasteiger partial charge >= 0.3 is 6.18 Å². The summed E-state index contributed by atoms with van der Waals surface area (Å²) in [6, 6.07) is 6.43. The fourth-order valence-electron chi connectivity index (χ4n) is 4.50. The van der Waals surface area contributed by atoms with Gasteiger partial charge in [0, 0.05) is 31.2 Å². The summed E-state index contributed by atoms with van der Waals surface area (Å²) < 4.78 is 62.6. The van der Waals surface area contributed by atoms with Crippen molar-refractivity contribution >= 4 is 5.91 Å². The number of nitrogens with zero attached hydrogens (tertiary/aromatic N) is 2. The van der Waals surface area contributed by atoms with Gasteiger partial charge in [0.25, 0.3) is 5.91 Å². The Kier molecular flexibility index (Phi) is 6.46. The van der Waals surface area contributed by atoms with E-state index in [0.29, 0.717) is 12.6 Å². The lowest BCUT2D eigenvalue weighted by atomic mass is 10.1. The van der Waals surface area contributed by atoms with Gasteiger partial charge in [-0.3, -0.25) is 9.69 Å². The largest absolute Gasteiger partial charge is 0.486 e. The molecular formula is C23H26F4N2O3. The molecule has 2 aliphatic heterocycles. The van der Waals surface area contributed by atoms with Crippen LogP contribution in [0.4, 0.5) is 17.6 Å². The van der Waals surface area contributed by atoms with Crippen LogP contribution >= 0.6 is 0 Å². The molecule has 2 aliphatic rings. The zero-order valence-corrected chi connectivity index (χ0v) is 17.8. The monoisotopic (exact) mass is 454 g/mol. The van der Waals surface area contributed by atoms with E-state index in [1.165, 1.54) is 12.1 Å². The number of hydrogen-bond donors (Lipinski definition) is 0. The lowest BCUT2D eigenvalue weighted by Crippen LogP contribution is -2.44. The van der Waals surface area contributed by atoms with Crippen molar-refractivity contribution in [3.63, 3.8) is 0 Å². The first kappa shape index (κ1) is 22.6. The number of furan rings is 1. The molecule has 0 bridgehead atoms. The summed E-state index contributed by atoms with van der Waals surface area (Å²) in [5.41, 5.74) is -0.0314. The van der Waals surface area contributed by atoms with E-state index in [1.54, 1.807) is 4.90 Å². The van der Waals surface area contributed by atoms with Crippen LogP contribution in [0.5, 0.6) is 5.75 Å². The Hall–Kier alpha value is -2.55. The third kappa shape index (κ3) is 4.92. The van der Waals surface area contributed by atoms with Crippen LogP contribution in [0.1, 0.15) is 54.5 Å². The van der Waals surface area contributed by atoms with Crippen LogP contribution in [0.25, 0.3) is 0 Å². The van der Waals surface area contributed by atoms with E-state index < -0.39 is 17.8 Å². The molecule has 1 unspecified atom stereocenters. The first-order chi connectivity index (χ1) is 15.2. The normalized spacial score (nSPS) is 22.0. The molecule has 9 heteroatoms. The highest BCUT2D eigenvalue weighted by atomic mass is 19.4. The van der Waals surface area contributed by atoms with Crippen molar-refractivity contribution in [2.45, 2.75) is 57.5 Å². The molecule has 1 amide bonds. The van der Waals surface area contributed by atoms with Crippen molar-refractivity contribution in [2.24, 2.45) is 0 Å². The van der Waals surface area contributed by atoms with Crippen LogP contribution in [0.3, 0.4) is 0 Å². The topological polar surface area (TPSA) is 45.9 Å². The van der Waals surface area contributed by atoms with Gasteiger partial charge in [0.05, 0.1) is 5.56 Å². The van der Waals surface area contributed by atoms with Gasteiger partial charge in [-0.15, -0.1) is 0 Å². The molecule has 2 saturated heterocycles. The van der Waals surface area contributed by atoms with E-state index in [9.17, 15) is 22.4 Å². The number of likely N-dealkylation sites (tertiary alicyclic amines) is 2. The molecule has 2 fully saturated rings. The first-order valence-corrected chi connectivity index (χ1v) is 10.9. The number of carbonyl (C=O) groups excluding carboxylic acids is 1. The lowest BCUT2D eigenvalue weighted by Gasteiger charge is -2.31. The smallest absolute Gasteiger partial charge is 0.449 e. The number of ether oxygens (including phenoxy) is 1. The van der Waals surface area contributed by atoms with E-state index in [1.807, 2.05) is 0 Å². The molecule has 4 rings (SSSR count). The second kappa shape index (κ2) is 9.13. The average molecular weight is 454 g/mol. The molecule has 32 heavy (non-hydrogen) atoms. The van der Waals surface area contributed by atoms with Gasteiger partial charge in [0.2, 0.25) is 5.76 Å². The molecule has 2 aromatic rings. The van der Waals surface area contributed by atoms with Crippen LogP contribution in [0.15, 0.2) is 34.7 Å². The highest BCUT2D eigenvalue weighted by molar-refractivity contribution is 5.95. The molecule has 1 aromatic carbocycles. The molecular weight excluding hydrogens is 428 g/mol. The van der Waals surface area contributed by atoms with Crippen LogP contribution in [0.2, 0.25) is 0 Å². The number of halogens is 4. The van der Waals surface area contributed by atoms with Gasteiger partial charge < -0.3 is 14.1 Å². The van der Waals surface area contributed by atoms with Gasteiger partial charge in [-0.25, -0.2) is 4.39 Å². The average Bonchev–Trinajstić information content (AvgIpc) is 3.48. The summed E-state index contributed by atoms with van der Waals surface area (Å²) in [5, 5.41) is 0. The zero-order valence-electron chi connectivity index (χ0n) is 17.8. The van der Waals surface area contributed by atoms with Crippen molar-refractivity contribution in [1.82, 2.24) is 9.80 Å². The molecule has 0 aliphatic carbocycles. The van der Waals surface area contributed by atoms with Crippen molar-refractivity contribution in [3.05, 3.63) is 53.2 Å². The molecule has 0 radical (unpaired) electrons. The highest BCUT2D eigenvalue weighted by Gasteiger charge is 2.35. The van der Waals surface area contributed by atoms with Gasteiger partial charge in [-0.05, 0) is 63.4 Å². The second-order valence-electron chi connectivity index (χ2n) is 8.47. The lowest BCUT2D eigenvalue weighted by molar-refractivity contribution is -0.153. The Balaban J connectivity index is 1.39. The van der Waals surface area contributed by atoms with Crippen molar-refractivity contribution < 1.29 is 31.5 Å². The minimum Gasteiger partial charge on any atom is -0.486 e. The summed E-state index contributed by atoms with van der Waals surface area (Å²) in [5.74, 6) is -2.11. The fraction of sp³-hybridized carbons (Fsp3) is 0.522. The van der Waals surface area contributed by atoms with Crippen LogP contribution in [-0.4, -0.2) is 47.4 Å². The molecule has 174 valence electrons. The summed E-state index contributed by atoms with van der Waals surface area (Å²) in [6.45, 7) is 4.34. The Morgan fingerprint density at radius 1 is 1.16 bits per heavy atom.